The van der Waals surface area contributed by atoms with Crippen LogP contribution in [0.4, 0.5) is 11.4 Å². The van der Waals surface area contributed by atoms with Crippen LogP contribution in [0.1, 0.15) is 0 Å². The predicted octanol–water partition coefficient (Wildman–Crippen LogP) is 0.00130. The molecule has 0 aromatic heterocycles. The third-order valence-electron chi connectivity index (χ3n) is 3.85. The van der Waals surface area contributed by atoms with Crippen LogP contribution in [-0.4, -0.2) is 70.8 Å². The Morgan fingerprint density at radius 2 is 2.28 bits per heavy atom. The molecule has 1 saturated heterocycles. The maximum Gasteiger partial charge on any atom is 0.293 e. The predicted molar refractivity (Wildman–Crippen MR) is 91.0 cm³/mol. The van der Waals surface area contributed by atoms with Crippen molar-refractivity contribution in [3.63, 3.8) is 0 Å². The number of nitrogens with one attached hydrogen (secondary N) is 1. The van der Waals surface area contributed by atoms with Gasteiger partial charge in [-0.15, -0.1) is 0 Å². The lowest BCUT2D eigenvalue weighted by Gasteiger charge is -2.32. The van der Waals surface area contributed by atoms with E-state index < -0.39 is 14.9 Å². The molecule has 11 heteroatoms. The number of morpholine rings is 1. The molecule has 1 aromatic rings. The van der Waals surface area contributed by atoms with Crippen LogP contribution in [0.2, 0.25) is 0 Å². The molecule has 0 bridgehead atoms. The Kier molecular flexibility index (Phi) is 6.67. The second-order valence-corrected chi connectivity index (χ2v) is 7.21. The Labute approximate surface area is 146 Å². The van der Waals surface area contributed by atoms with Crippen molar-refractivity contribution < 1.29 is 22.8 Å². The number of hydrogen-bond donors (Lipinski definition) is 2. The van der Waals surface area contributed by atoms with Gasteiger partial charge in [-0.2, -0.15) is 0 Å². The maximum absolute atomic E-state index is 11.3. The first-order valence-electron chi connectivity index (χ1n) is 7.69. The summed E-state index contributed by atoms with van der Waals surface area (Å²) in [5.41, 5.74) is -0.131. The molecule has 10 nitrogen and oxygen atoms in total. The standard InChI is InChI=1S/C14H22N4O6S/c1-23-6-4-17-5-7-24-11(10-17)9-16-13-3-2-12(25(15,21)22)8-14(13)18(19)20/h2-3,8,11,16H,4-7,9-10H2,1H3,(H2,15,21,22)/t11-/m1/s1. The average Bonchev–Trinajstić information content (AvgIpc) is 2.57. The van der Waals surface area contributed by atoms with Gasteiger partial charge < -0.3 is 14.8 Å². The molecule has 3 N–H and O–H groups in total. The summed E-state index contributed by atoms with van der Waals surface area (Å²) in [5, 5.41) is 19.2. The molecule has 0 unspecified atom stereocenters. The molecule has 0 radical (unpaired) electrons. The molecule has 0 saturated carbocycles. The van der Waals surface area contributed by atoms with E-state index in [1.54, 1.807) is 7.11 Å². The normalized spacial score (nSPS) is 18.9. The number of ether oxygens (including phenoxy) is 2. The second-order valence-electron chi connectivity index (χ2n) is 5.65. The molecule has 1 aliphatic rings. The van der Waals surface area contributed by atoms with E-state index in [1.807, 2.05) is 0 Å². The molecule has 1 atom stereocenters. The number of sulfonamides is 1. The van der Waals surface area contributed by atoms with Crippen molar-refractivity contribution in [1.29, 1.82) is 0 Å². The number of nitrogens with two attached hydrogens (primary N) is 1. The highest BCUT2D eigenvalue weighted by Gasteiger charge is 2.23. The topological polar surface area (TPSA) is 137 Å². The van der Waals surface area contributed by atoms with E-state index in [9.17, 15) is 18.5 Å². The summed E-state index contributed by atoms with van der Waals surface area (Å²) in [6.45, 7) is 3.84. The summed E-state index contributed by atoms with van der Waals surface area (Å²) < 4.78 is 33.4. The third kappa shape index (κ3) is 5.61. The van der Waals surface area contributed by atoms with Crippen molar-refractivity contribution in [2.45, 2.75) is 11.0 Å². The van der Waals surface area contributed by atoms with Gasteiger partial charge in [0.25, 0.3) is 5.69 Å². The first-order chi connectivity index (χ1) is 11.8. The van der Waals surface area contributed by atoms with Gasteiger partial charge in [-0.25, -0.2) is 13.6 Å². The number of nitro benzene ring substituents is 1. The minimum absolute atomic E-state index is 0.136. The minimum Gasteiger partial charge on any atom is -0.383 e. The summed E-state index contributed by atoms with van der Waals surface area (Å²) in [6, 6.07) is 3.52. The Morgan fingerprint density at radius 3 is 2.92 bits per heavy atom. The average molecular weight is 374 g/mol. The number of benzene rings is 1. The zero-order valence-electron chi connectivity index (χ0n) is 13.9. The van der Waals surface area contributed by atoms with Gasteiger partial charge in [0.2, 0.25) is 10.0 Å². The van der Waals surface area contributed by atoms with Gasteiger partial charge in [0.15, 0.2) is 0 Å². The van der Waals surface area contributed by atoms with Crippen LogP contribution in [0.25, 0.3) is 0 Å². The number of nitro groups is 1. The second kappa shape index (κ2) is 8.54. The number of methoxy groups -OCH3 is 1. The summed E-state index contributed by atoms with van der Waals surface area (Å²) in [4.78, 5) is 12.4. The van der Waals surface area contributed by atoms with E-state index in [2.05, 4.69) is 10.2 Å². The Balaban J connectivity index is 2.03. The van der Waals surface area contributed by atoms with Gasteiger partial charge in [-0.3, -0.25) is 15.0 Å². The fourth-order valence-corrected chi connectivity index (χ4v) is 3.07. The van der Waals surface area contributed by atoms with Gasteiger partial charge in [0, 0.05) is 39.4 Å². The van der Waals surface area contributed by atoms with Crippen molar-refractivity contribution in [2.24, 2.45) is 5.14 Å². The molecular formula is C14H22N4O6S. The number of primary sulfonamides is 1. The zero-order valence-corrected chi connectivity index (χ0v) is 14.7. The molecule has 140 valence electrons. The first kappa shape index (κ1) is 19.5. The van der Waals surface area contributed by atoms with E-state index in [1.165, 1.54) is 12.1 Å². The highest BCUT2D eigenvalue weighted by molar-refractivity contribution is 7.89. The van der Waals surface area contributed by atoms with E-state index in [4.69, 9.17) is 14.6 Å². The molecular weight excluding hydrogens is 352 g/mol. The molecule has 1 aliphatic heterocycles. The Hall–Kier alpha value is -1.79. The molecule has 0 amide bonds. The van der Waals surface area contributed by atoms with E-state index in [0.29, 0.717) is 26.3 Å². The van der Waals surface area contributed by atoms with Gasteiger partial charge >= 0.3 is 0 Å². The van der Waals surface area contributed by atoms with Crippen LogP contribution in [0, 0.1) is 10.1 Å². The molecule has 25 heavy (non-hydrogen) atoms. The van der Waals surface area contributed by atoms with Crippen molar-refractivity contribution in [3.05, 3.63) is 28.3 Å². The molecule has 0 aliphatic carbocycles. The highest BCUT2D eigenvalue weighted by Crippen LogP contribution is 2.27. The van der Waals surface area contributed by atoms with Gasteiger partial charge in [0.1, 0.15) is 5.69 Å². The molecule has 0 spiro atoms. The van der Waals surface area contributed by atoms with Crippen molar-refractivity contribution in [1.82, 2.24) is 4.90 Å². The SMILES string of the molecule is COCCN1CCO[C@H](CNc2ccc(S(N)(=O)=O)cc2[N+](=O)[O-])C1. The minimum atomic E-state index is -4.00. The summed E-state index contributed by atoms with van der Waals surface area (Å²) >= 11 is 0. The smallest absolute Gasteiger partial charge is 0.293 e. The zero-order chi connectivity index (χ0) is 18.4. The number of anilines is 1. The largest absolute Gasteiger partial charge is 0.383 e. The number of nitrogens with zero attached hydrogens (tertiary/aromatic N) is 2. The van der Waals surface area contributed by atoms with E-state index in [-0.39, 0.29) is 22.4 Å². The fourth-order valence-electron chi connectivity index (χ4n) is 2.54. The molecule has 1 heterocycles. The van der Waals surface area contributed by atoms with Crippen LogP contribution < -0.4 is 10.5 Å². The maximum atomic E-state index is 11.3. The molecule has 1 aromatic carbocycles. The molecule has 2 rings (SSSR count). The summed E-state index contributed by atoms with van der Waals surface area (Å²) in [6.07, 6.45) is -0.136. The summed E-state index contributed by atoms with van der Waals surface area (Å²) in [5.74, 6) is 0. The third-order valence-corrected chi connectivity index (χ3v) is 4.76. The van der Waals surface area contributed by atoms with Crippen LogP contribution in [0.15, 0.2) is 23.1 Å². The van der Waals surface area contributed by atoms with Gasteiger partial charge in [0.05, 0.1) is 29.1 Å². The van der Waals surface area contributed by atoms with Crippen molar-refractivity contribution in [2.75, 3.05) is 51.8 Å². The summed E-state index contributed by atoms with van der Waals surface area (Å²) in [7, 11) is -2.36. The van der Waals surface area contributed by atoms with E-state index >= 15 is 0 Å². The highest BCUT2D eigenvalue weighted by atomic mass is 32.2. The first-order valence-corrected chi connectivity index (χ1v) is 9.24. The Bertz CT molecular complexity index is 711. The van der Waals surface area contributed by atoms with Crippen LogP contribution >= 0.6 is 0 Å². The quantitative estimate of drug-likeness (QED) is 0.479. The Morgan fingerprint density at radius 1 is 1.52 bits per heavy atom. The fraction of sp³-hybridized carbons (Fsp3) is 0.571. The lowest BCUT2D eigenvalue weighted by Crippen LogP contribution is -2.46. The van der Waals surface area contributed by atoms with Crippen molar-refractivity contribution >= 4 is 21.4 Å². The monoisotopic (exact) mass is 374 g/mol. The number of rotatable bonds is 8. The lowest BCUT2D eigenvalue weighted by molar-refractivity contribution is -0.384. The van der Waals surface area contributed by atoms with Crippen LogP contribution in [0.3, 0.4) is 0 Å². The van der Waals surface area contributed by atoms with Crippen LogP contribution in [-0.2, 0) is 19.5 Å². The van der Waals surface area contributed by atoms with Crippen molar-refractivity contribution in [3.8, 4) is 0 Å². The van der Waals surface area contributed by atoms with Gasteiger partial charge in [-0.05, 0) is 12.1 Å². The number of hydrogen-bond acceptors (Lipinski definition) is 8. The molecule has 1 fully saturated rings. The lowest BCUT2D eigenvalue weighted by atomic mass is 10.2. The van der Waals surface area contributed by atoms with E-state index in [0.717, 1.165) is 19.2 Å². The van der Waals surface area contributed by atoms with Gasteiger partial charge in [-0.1, -0.05) is 0 Å². The van der Waals surface area contributed by atoms with Crippen LogP contribution in [0.5, 0.6) is 0 Å².